The highest BCUT2D eigenvalue weighted by molar-refractivity contribution is 5.99. The fourth-order valence-electron chi connectivity index (χ4n) is 7.06. The molecule has 37 heavy (non-hydrogen) atoms. The van der Waals surface area contributed by atoms with Gasteiger partial charge in [0.25, 0.3) is 0 Å². The van der Waals surface area contributed by atoms with Crippen LogP contribution in [-0.2, 0) is 25.7 Å². The number of fused-ring (bicyclic) bond motifs is 1. The minimum absolute atomic E-state index is 0.00809. The second-order valence-corrected chi connectivity index (χ2v) is 12.8. The van der Waals surface area contributed by atoms with Crippen molar-refractivity contribution in [3.63, 3.8) is 0 Å². The number of nitrogens with one attached hydrogen (secondary N) is 2. The average molecular weight is 514 g/mol. The second-order valence-electron chi connectivity index (χ2n) is 12.8. The maximum Gasteiger partial charge on any atom is 0.246 e. The van der Waals surface area contributed by atoms with E-state index < -0.39 is 29.0 Å². The number of ether oxygens (including phenoxy) is 1. The van der Waals surface area contributed by atoms with Crippen molar-refractivity contribution >= 4 is 17.7 Å². The third-order valence-electron chi connectivity index (χ3n) is 7.90. The van der Waals surface area contributed by atoms with E-state index in [2.05, 4.69) is 31.4 Å². The van der Waals surface area contributed by atoms with Crippen LogP contribution in [0.4, 0.5) is 0 Å². The number of aliphatic hydroxyl groups excluding tert-OH is 1. The molecular formula is C29H43N3O5. The van der Waals surface area contributed by atoms with Gasteiger partial charge in [0, 0.05) is 25.2 Å². The molecule has 1 spiro atoms. The Morgan fingerprint density at radius 2 is 1.81 bits per heavy atom. The van der Waals surface area contributed by atoms with Gasteiger partial charge in [-0.3, -0.25) is 14.4 Å². The van der Waals surface area contributed by atoms with Crippen LogP contribution < -0.4 is 10.6 Å². The normalized spacial score (nSPS) is 28.9. The maximum atomic E-state index is 13.9. The van der Waals surface area contributed by atoms with E-state index in [4.69, 9.17) is 4.74 Å². The summed E-state index contributed by atoms with van der Waals surface area (Å²) < 4.78 is 6.49. The van der Waals surface area contributed by atoms with Crippen molar-refractivity contribution in [2.75, 3.05) is 13.2 Å². The van der Waals surface area contributed by atoms with Gasteiger partial charge in [-0.15, -0.1) is 0 Å². The Labute approximate surface area is 220 Å². The highest BCUT2D eigenvalue weighted by atomic mass is 16.5. The molecule has 3 aliphatic heterocycles. The lowest BCUT2D eigenvalue weighted by Gasteiger charge is -2.38. The first-order valence-corrected chi connectivity index (χ1v) is 13.6. The molecule has 4 rings (SSSR count). The van der Waals surface area contributed by atoms with E-state index in [9.17, 15) is 19.5 Å². The van der Waals surface area contributed by atoms with E-state index in [-0.39, 0.29) is 35.8 Å². The van der Waals surface area contributed by atoms with Crippen molar-refractivity contribution < 1.29 is 24.2 Å². The van der Waals surface area contributed by atoms with Gasteiger partial charge in [0.15, 0.2) is 0 Å². The van der Waals surface area contributed by atoms with E-state index in [1.165, 1.54) is 0 Å². The molecule has 5 atom stereocenters. The van der Waals surface area contributed by atoms with Crippen molar-refractivity contribution in [3.05, 3.63) is 35.9 Å². The number of nitrogens with zero attached hydrogens (tertiary/aromatic N) is 1. The molecule has 1 aromatic rings. The fraction of sp³-hybridized carbons (Fsp3) is 0.690. The number of likely N-dealkylation sites (tertiary alicyclic amines) is 1. The number of carbonyl (C=O) groups is 3. The van der Waals surface area contributed by atoms with E-state index in [1.807, 2.05) is 44.2 Å². The Kier molecular flexibility index (Phi) is 7.73. The van der Waals surface area contributed by atoms with Crippen LogP contribution in [-0.4, -0.2) is 64.2 Å². The van der Waals surface area contributed by atoms with E-state index in [1.54, 1.807) is 4.90 Å². The topological polar surface area (TPSA) is 108 Å². The van der Waals surface area contributed by atoms with Gasteiger partial charge in [0.05, 0.1) is 17.9 Å². The molecule has 0 aromatic heterocycles. The number of carbonyl (C=O) groups excluding carboxylic acids is 3. The second kappa shape index (κ2) is 10.4. The third-order valence-corrected chi connectivity index (χ3v) is 7.90. The molecule has 3 heterocycles. The quantitative estimate of drug-likeness (QED) is 0.417. The van der Waals surface area contributed by atoms with Crippen molar-refractivity contribution in [2.45, 2.75) is 96.6 Å². The molecule has 0 radical (unpaired) electrons. The SMILES string of the molecule is CC(C)(C)CC(C)(C)NC(=O)C1N(CCCCO)C(=O)[C@@H]2[C@@H](C(=O)NCc3ccccc3)[C@H]3CCC12O3. The molecule has 1 aromatic carbocycles. The van der Waals surface area contributed by atoms with Gasteiger partial charge in [-0.2, -0.15) is 0 Å². The number of benzene rings is 1. The standard InChI is InChI=1S/C29H43N3O5/c1-27(2,3)18-28(4,5)31-25(35)23-29-14-13-20(37-29)21(22(29)26(36)32(23)15-9-10-16-33)24(34)30-17-19-11-7-6-8-12-19/h6-8,11-12,20-23,33H,9-10,13-18H2,1-5H3,(H,30,34)(H,31,35)/t20-,21+,22+,23?,29?/m1/s1. The highest BCUT2D eigenvalue weighted by Gasteiger charge is 2.74. The highest BCUT2D eigenvalue weighted by Crippen LogP contribution is 2.58. The average Bonchev–Trinajstić information content (AvgIpc) is 3.44. The van der Waals surface area contributed by atoms with Crippen LogP contribution in [0.1, 0.15) is 72.3 Å². The summed E-state index contributed by atoms with van der Waals surface area (Å²) in [6.45, 7) is 11.2. The number of rotatable bonds is 10. The molecule has 8 heteroatoms. The number of unbranched alkanes of at least 4 members (excludes halogenated alkanes) is 1. The Bertz CT molecular complexity index is 1000. The van der Waals surface area contributed by atoms with Crippen molar-refractivity contribution in [2.24, 2.45) is 17.3 Å². The van der Waals surface area contributed by atoms with Gasteiger partial charge in [-0.1, -0.05) is 51.1 Å². The number of hydrogen-bond acceptors (Lipinski definition) is 5. The zero-order valence-electron chi connectivity index (χ0n) is 22.9. The Hall–Kier alpha value is -2.45. The molecule has 3 saturated heterocycles. The molecule has 8 nitrogen and oxygen atoms in total. The van der Waals surface area contributed by atoms with E-state index >= 15 is 0 Å². The molecule has 204 valence electrons. The molecule has 2 bridgehead atoms. The molecule has 3 N–H and O–H groups in total. The van der Waals surface area contributed by atoms with Crippen LogP contribution in [0, 0.1) is 17.3 Å². The lowest BCUT2D eigenvalue weighted by atomic mass is 9.70. The zero-order chi connectivity index (χ0) is 27.0. The first-order chi connectivity index (χ1) is 17.4. The summed E-state index contributed by atoms with van der Waals surface area (Å²) in [7, 11) is 0. The molecular weight excluding hydrogens is 470 g/mol. The van der Waals surface area contributed by atoms with Gasteiger partial charge in [0.2, 0.25) is 17.7 Å². The van der Waals surface area contributed by atoms with E-state index in [0.717, 1.165) is 12.0 Å². The summed E-state index contributed by atoms with van der Waals surface area (Å²) in [5, 5.41) is 15.5. The summed E-state index contributed by atoms with van der Waals surface area (Å²) in [5.74, 6) is -1.91. The van der Waals surface area contributed by atoms with E-state index in [0.29, 0.717) is 38.8 Å². The Morgan fingerprint density at radius 1 is 1.11 bits per heavy atom. The molecule has 3 aliphatic rings. The first-order valence-electron chi connectivity index (χ1n) is 13.6. The van der Waals surface area contributed by atoms with Gasteiger partial charge >= 0.3 is 0 Å². The van der Waals surface area contributed by atoms with Gasteiger partial charge in [-0.25, -0.2) is 0 Å². The predicted molar refractivity (Wildman–Crippen MR) is 140 cm³/mol. The Balaban J connectivity index is 1.58. The summed E-state index contributed by atoms with van der Waals surface area (Å²) >= 11 is 0. The number of hydrogen-bond donors (Lipinski definition) is 3. The van der Waals surface area contributed by atoms with Crippen LogP contribution in [0.2, 0.25) is 0 Å². The molecule has 0 aliphatic carbocycles. The minimum Gasteiger partial charge on any atom is -0.396 e. The number of aliphatic hydroxyl groups is 1. The predicted octanol–water partition coefficient (Wildman–Crippen LogP) is 2.78. The van der Waals surface area contributed by atoms with Crippen molar-refractivity contribution in [3.8, 4) is 0 Å². The maximum absolute atomic E-state index is 13.9. The largest absolute Gasteiger partial charge is 0.396 e. The molecule has 3 amide bonds. The summed E-state index contributed by atoms with van der Waals surface area (Å²) in [4.78, 5) is 42.9. The first kappa shape index (κ1) is 27.6. The van der Waals surface area contributed by atoms with Crippen LogP contribution in [0.3, 0.4) is 0 Å². The van der Waals surface area contributed by atoms with Crippen LogP contribution in [0.5, 0.6) is 0 Å². The molecule has 0 saturated carbocycles. The smallest absolute Gasteiger partial charge is 0.246 e. The van der Waals surface area contributed by atoms with Crippen molar-refractivity contribution in [1.82, 2.24) is 15.5 Å². The fourth-order valence-corrected chi connectivity index (χ4v) is 7.06. The summed E-state index contributed by atoms with van der Waals surface area (Å²) in [5.41, 5.74) is -0.491. The lowest BCUT2D eigenvalue weighted by Crippen LogP contribution is -2.59. The van der Waals surface area contributed by atoms with Gasteiger partial charge in [-0.05, 0) is 56.9 Å². The van der Waals surface area contributed by atoms with Crippen molar-refractivity contribution in [1.29, 1.82) is 0 Å². The van der Waals surface area contributed by atoms with Gasteiger partial charge < -0.3 is 25.4 Å². The minimum atomic E-state index is -1.00. The molecule has 3 fully saturated rings. The zero-order valence-corrected chi connectivity index (χ0v) is 22.9. The molecule has 2 unspecified atom stereocenters. The number of amides is 3. The Morgan fingerprint density at radius 3 is 2.46 bits per heavy atom. The summed E-state index contributed by atoms with van der Waals surface area (Å²) in [6, 6.07) is 8.87. The van der Waals surface area contributed by atoms with Crippen LogP contribution in [0.15, 0.2) is 30.3 Å². The monoisotopic (exact) mass is 513 g/mol. The van der Waals surface area contributed by atoms with Crippen LogP contribution >= 0.6 is 0 Å². The lowest BCUT2D eigenvalue weighted by molar-refractivity contribution is -0.143. The van der Waals surface area contributed by atoms with Crippen LogP contribution in [0.25, 0.3) is 0 Å². The van der Waals surface area contributed by atoms with Gasteiger partial charge in [0.1, 0.15) is 11.6 Å². The summed E-state index contributed by atoms with van der Waals surface area (Å²) in [6.07, 6.45) is 2.73. The third kappa shape index (κ3) is 5.55.